The molecule has 8 heteroatoms. The fourth-order valence-corrected chi connectivity index (χ4v) is 5.52. The predicted molar refractivity (Wildman–Crippen MR) is 115 cm³/mol. The monoisotopic (exact) mass is 426 g/mol. The van der Waals surface area contributed by atoms with Crippen molar-refractivity contribution < 1.29 is 14.1 Å². The number of ether oxygens (including phenoxy) is 1. The number of methoxy groups -OCH3 is 1. The molecular weight excluding hydrogens is 406 g/mol. The molecule has 3 heterocycles. The van der Waals surface area contributed by atoms with Gasteiger partial charge in [-0.2, -0.15) is 0 Å². The lowest BCUT2D eigenvalue weighted by atomic mass is 10.3. The first kappa shape index (κ1) is 19.5. The van der Waals surface area contributed by atoms with E-state index < -0.39 is 5.97 Å². The van der Waals surface area contributed by atoms with E-state index in [1.54, 1.807) is 11.8 Å². The number of rotatable bonds is 3. The first-order chi connectivity index (χ1) is 14.0. The zero-order valence-electron chi connectivity index (χ0n) is 16.3. The fraction of sp³-hybridized carbons (Fsp3) is 0.190. The number of esters is 1. The number of anilines is 1. The molecule has 0 spiro atoms. The fourth-order valence-electron chi connectivity index (χ4n) is 3.13. The maximum Gasteiger partial charge on any atom is 0.325 e. The number of aryl methyl sites for hydroxylation is 1. The standard InChI is InChI=1S/C21H20N3O3S2/c1-22-11-7-6-8-14(22)12-17-24(13-18(25)27-3)20(26)19(29-17)21-23(2)15-9-4-5-10-16(15)28-21/h4-12H,13H2,1-3H3/q+1/b21-19+. The van der Waals surface area contributed by atoms with Gasteiger partial charge in [-0.25, -0.2) is 4.57 Å². The van der Waals surface area contributed by atoms with Crippen molar-refractivity contribution in [1.29, 1.82) is 0 Å². The van der Waals surface area contributed by atoms with E-state index in [1.807, 2.05) is 78.3 Å². The van der Waals surface area contributed by atoms with Gasteiger partial charge in [0, 0.05) is 30.2 Å². The molecule has 4 rings (SSSR count). The third kappa shape index (κ3) is 3.61. The predicted octanol–water partition coefficient (Wildman–Crippen LogP) is 1.04. The maximum atomic E-state index is 13.3. The molecule has 0 atom stereocenters. The van der Waals surface area contributed by atoms with Crippen molar-refractivity contribution in [1.82, 2.24) is 4.57 Å². The van der Waals surface area contributed by atoms with Crippen molar-refractivity contribution in [2.24, 2.45) is 7.05 Å². The Morgan fingerprint density at radius 1 is 1.21 bits per heavy atom. The van der Waals surface area contributed by atoms with Crippen molar-refractivity contribution in [2.75, 3.05) is 19.1 Å². The summed E-state index contributed by atoms with van der Waals surface area (Å²) < 4.78 is 9.58. The van der Waals surface area contributed by atoms with E-state index in [0.717, 1.165) is 21.3 Å². The van der Waals surface area contributed by atoms with Crippen molar-refractivity contribution in [2.45, 2.75) is 11.4 Å². The van der Waals surface area contributed by atoms with Crippen LogP contribution in [-0.4, -0.2) is 24.7 Å². The largest absolute Gasteiger partial charge is 0.468 e. The summed E-state index contributed by atoms with van der Waals surface area (Å²) in [5.74, 6) is -0.454. The molecule has 0 fully saturated rings. The van der Waals surface area contributed by atoms with Gasteiger partial charge < -0.3 is 9.64 Å². The average Bonchev–Trinajstić information content (AvgIpc) is 3.21. The zero-order chi connectivity index (χ0) is 20.5. The average molecular weight is 427 g/mol. The smallest absolute Gasteiger partial charge is 0.325 e. The Balaban J connectivity index is 1.96. The highest BCUT2D eigenvalue weighted by atomic mass is 32.2. The van der Waals surface area contributed by atoms with Crippen LogP contribution >= 0.6 is 23.1 Å². The molecule has 3 aromatic rings. The van der Waals surface area contributed by atoms with E-state index in [0.29, 0.717) is 9.20 Å². The lowest BCUT2D eigenvalue weighted by Crippen LogP contribution is -2.37. The minimum atomic E-state index is -0.454. The topological polar surface area (TPSA) is 55.4 Å². The number of thiazole rings is 1. The third-order valence-corrected chi connectivity index (χ3v) is 7.21. The summed E-state index contributed by atoms with van der Waals surface area (Å²) in [7, 11) is 5.22. The molecular formula is C21H20N3O3S2+. The molecule has 0 saturated carbocycles. The number of benzene rings is 1. The Morgan fingerprint density at radius 3 is 2.69 bits per heavy atom. The molecule has 2 aromatic heterocycles. The summed E-state index contributed by atoms with van der Waals surface area (Å²) in [5.41, 5.74) is 1.81. The van der Waals surface area contributed by atoms with Gasteiger partial charge in [0.05, 0.1) is 12.8 Å². The number of hydrogen-bond donors (Lipinski definition) is 0. The highest BCUT2D eigenvalue weighted by Gasteiger charge is 2.24. The molecule has 1 aliphatic rings. The highest BCUT2D eigenvalue weighted by Crippen LogP contribution is 2.44. The van der Waals surface area contributed by atoms with Crippen molar-refractivity contribution in [3.05, 3.63) is 73.9 Å². The van der Waals surface area contributed by atoms with E-state index >= 15 is 0 Å². The molecule has 1 aromatic carbocycles. The number of para-hydroxylation sites is 1. The highest BCUT2D eigenvalue weighted by molar-refractivity contribution is 8.08. The number of carbonyl (C=O) groups is 1. The SMILES string of the molecule is COC(=O)Cn1c(=O)/c(=C2\Sc3ccccc3N2C)s/c1=C\c1cccc[n+]1C. The van der Waals surface area contributed by atoms with Crippen LogP contribution in [-0.2, 0) is 23.1 Å². The lowest BCUT2D eigenvalue weighted by Gasteiger charge is -2.11. The quantitative estimate of drug-likeness (QED) is 0.463. The molecule has 1 aliphatic heterocycles. The summed E-state index contributed by atoms with van der Waals surface area (Å²) >= 11 is 2.96. The molecule has 0 unspecified atom stereocenters. The van der Waals surface area contributed by atoms with Gasteiger partial charge in [0.25, 0.3) is 5.56 Å². The molecule has 0 aliphatic carbocycles. The molecule has 0 amide bonds. The van der Waals surface area contributed by atoms with Crippen LogP contribution in [0.2, 0.25) is 0 Å². The van der Waals surface area contributed by atoms with Crippen LogP contribution < -0.4 is 24.2 Å². The third-order valence-electron chi connectivity index (χ3n) is 4.73. The summed E-state index contributed by atoms with van der Waals surface area (Å²) in [6, 6.07) is 13.9. The summed E-state index contributed by atoms with van der Waals surface area (Å²) in [6.45, 7) is -0.122. The van der Waals surface area contributed by atoms with Gasteiger partial charge in [-0.1, -0.05) is 23.9 Å². The first-order valence-corrected chi connectivity index (χ1v) is 10.6. The number of fused-ring (bicyclic) bond motifs is 1. The van der Waals surface area contributed by atoms with Gasteiger partial charge in [0.1, 0.15) is 27.8 Å². The molecule has 0 saturated heterocycles. The normalized spacial score (nSPS) is 15.6. The van der Waals surface area contributed by atoms with E-state index in [-0.39, 0.29) is 12.1 Å². The molecule has 29 heavy (non-hydrogen) atoms. The molecule has 148 valence electrons. The second kappa shape index (κ2) is 7.88. The number of pyridine rings is 1. The van der Waals surface area contributed by atoms with Crippen LogP contribution in [0.5, 0.6) is 0 Å². The van der Waals surface area contributed by atoms with Crippen molar-refractivity contribution >= 4 is 45.9 Å². The Labute approximate surface area is 176 Å². The van der Waals surface area contributed by atoms with E-state index in [4.69, 9.17) is 4.74 Å². The van der Waals surface area contributed by atoms with Crippen LogP contribution in [0.3, 0.4) is 0 Å². The Bertz CT molecular complexity index is 1280. The lowest BCUT2D eigenvalue weighted by molar-refractivity contribution is -0.673. The van der Waals surface area contributed by atoms with Crippen LogP contribution in [0.1, 0.15) is 5.69 Å². The van der Waals surface area contributed by atoms with Crippen LogP contribution in [0.25, 0.3) is 11.1 Å². The van der Waals surface area contributed by atoms with Gasteiger partial charge in [-0.3, -0.25) is 14.2 Å². The second-order valence-electron chi connectivity index (χ2n) is 6.55. The molecule has 0 N–H and O–H groups in total. The minimum absolute atomic E-state index is 0.122. The van der Waals surface area contributed by atoms with Crippen molar-refractivity contribution in [3.63, 3.8) is 0 Å². The van der Waals surface area contributed by atoms with Gasteiger partial charge in [-0.15, -0.1) is 11.3 Å². The number of carbonyl (C=O) groups excluding carboxylic acids is 1. The van der Waals surface area contributed by atoms with Crippen molar-refractivity contribution in [3.8, 4) is 0 Å². The Hall–Kier alpha value is -2.84. The molecule has 6 nitrogen and oxygen atoms in total. The second-order valence-corrected chi connectivity index (χ2v) is 8.61. The Morgan fingerprint density at radius 2 is 1.97 bits per heavy atom. The number of nitrogens with zero attached hydrogens (tertiary/aromatic N) is 3. The van der Waals surface area contributed by atoms with Gasteiger partial charge >= 0.3 is 5.97 Å². The van der Waals surface area contributed by atoms with Gasteiger partial charge in [-0.05, 0) is 18.2 Å². The summed E-state index contributed by atoms with van der Waals surface area (Å²) in [6.07, 6.45) is 3.86. The minimum Gasteiger partial charge on any atom is -0.468 e. The molecule has 0 bridgehead atoms. The number of thioether (sulfide) groups is 1. The summed E-state index contributed by atoms with van der Waals surface area (Å²) in [5, 5.41) is 0.872. The van der Waals surface area contributed by atoms with Crippen LogP contribution in [0.15, 0.2) is 58.4 Å². The van der Waals surface area contributed by atoms with Crippen LogP contribution in [0, 0.1) is 0 Å². The Kier molecular flexibility index (Phi) is 5.29. The van der Waals surface area contributed by atoms with E-state index in [1.165, 1.54) is 23.0 Å². The zero-order valence-corrected chi connectivity index (χ0v) is 17.9. The number of hydrogen-bond acceptors (Lipinski definition) is 6. The first-order valence-electron chi connectivity index (χ1n) is 8.97. The molecule has 0 radical (unpaired) electrons. The van der Waals surface area contributed by atoms with Crippen LogP contribution in [0.4, 0.5) is 5.69 Å². The van der Waals surface area contributed by atoms with E-state index in [9.17, 15) is 9.59 Å². The van der Waals surface area contributed by atoms with E-state index in [2.05, 4.69) is 0 Å². The number of aromatic nitrogens is 2. The van der Waals surface area contributed by atoms with Gasteiger partial charge in [0.15, 0.2) is 6.20 Å². The van der Waals surface area contributed by atoms with Gasteiger partial charge in [0.2, 0.25) is 5.69 Å². The summed E-state index contributed by atoms with van der Waals surface area (Å²) in [4.78, 5) is 28.4. The maximum absolute atomic E-state index is 13.3.